The highest BCUT2D eigenvalue weighted by Crippen LogP contribution is 2.19. The van der Waals surface area contributed by atoms with Crippen LogP contribution in [-0.2, 0) is 11.3 Å². The summed E-state index contributed by atoms with van der Waals surface area (Å²) in [7, 11) is 0. The molecular weight excluding hydrogens is 250 g/mol. The van der Waals surface area contributed by atoms with Gasteiger partial charge in [-0.25, -0.2) is 0 Å². The normalized spacial score (nSPS) is 19.9. The predicted octanol–water partition coefficient (Wildman–Crippen LogP) is 1.99. The van der Waals surface area contributed by atoms with Crippen LogP contribution in [0.15, 0.2) is 0 Å². The van der Waals surface area contributed by atoms with Crippen LogP contribution >= 0.6 is 11.3 Å². The first kappa shape index (κ1) is 13.7. The molecule has 1 aromatic heterocycles. The van der Waals surface area contributed by atoms with Gasteiger partial charge in [0.05, 0.1) is 6.10 Å². The van der Waals surface area contributed by atoms with Crippen molar-refractivity contribution in [1.82, 2.24) is 15.5 Å². The summed E-state index contributed by atoms with van der Waals surface area (Å²) in [6, 6.07) is 0. The van der Waals surface area contributed by atoms with Gasteiger partial charge in [-0.2, -0.15) is 0 Å². The molecule has 1 aliphatic rings. The summed E-state index contributed by atoms with van der Waals surface area (Å²) in [6.45, 7) is 5.37. The summed E-state index contributed by atoms with van der Waals surface area (Å²) < 4.78 is 11.2. The highest BCUT2D eigenvalue weighted by atomic mass is 32.1. The van der Waals surface area contributed by atoms with Crippen molar-refractivity contribution in [2.75, 3.05) is 19.8 Å². The van der Waals surface area contributed by atoms with Gasteiger partial charge >= 0.3 is 0 Å². The Hall–Kier alpha value is -0.720. The van der Waals surface area contributed by atoms with Crippen LogP contribution < -0.4 is 10.1 Å². The molecule has 102 valence electrons. The zero-order chi connectivity index (χ0) is 12.6. The van der Waals surface area contributed by atoms with Gasteiger partial charge in [-0.3, -0.25) is 0 Å². The van der Waals surface area contributed by atoms with Crippen molar-refractivity contribution in [3.05, 3.63) is 5.01 Å². The lowest BCUT2D eigenvalue weighted by Gasteiger charge is -2.21. The zero-order valence-electron chi connectivity index (χ0n) is 10.9. The summed E-state index contributed by atoms with van der Waals surface area (Å²) in [4.78, 5) is 0. The van der Waals surface area contributed by atoms with Crippen LogP contribution in [0, 0.1) is 0 Å². The Labute approximate surface area is 112 Å². The second kappa shape index (κ2) is 7.66. The van der Waals surface area contributed by atoms with E-state index in [1.165, 1.54) is 24.2 Å². The Kier molecular flexibility index (Phi) is 5.83. The summed E-state index contributed by atoms with van der Waals surface area (Å²) >= 11 is 1.51. The van der Waals surface area contributed by atoms with Crippen LogP contribution in [0.5, 0.6) is 5.19 Å². The van der Waals surface area contributed by atoms with Gasteiger partial charge in [0.25, 0.3) is 5.19 Å². The van der Waals surface area contributed by atoms with Crippen molar-refractivity contribution >= 4 is 11.3 Å². The fourth-order valence-electron chi connectivity index (χ4n) is 1.84. The molecule has 1 aromatic rings. The van der Waals surface area contributed by atoms with Gasteiger partial charge < -0.3 is 14.8 Å². The molecule has 1 atom stereocenters. The molecule has 0 amide bonds. The average Bonchev–Trinajstić information content (AvgIpc) is 2.86. The third-order valence-electron chi connectivity index (χ3n) is 2.82. The molecule has 0 bridgehead atoms. The number of hydrogen-bond donors (Lipinski definition) is 1. The Bertz CT molecular complexity index is 340. The van der Waals surface area contributed by atoms with Crippen LogP contribution in [0.25, 0.3) is 0 Å². The van der Waals surface area contributed by atoms with E-state index in [0.717, 1.165) is 37.5 Å². The molecule has 0 aliphatic carbocycles. The lowest BCUT2D eigenvalue weighted by molar-refractivity contribution is -0.0112. The van der Waals surface area contributed by atoms with E-state index in [1.54, 1.807) is 0 Å². The minimum absolute atomic E-state index is 0.226. The minimum atomic E-state index is 0.226. The smallest absolute Gasteiger partial charge is 0.294 e. The lowest BCUT2D eigenvalue weighted by Crippen LogP contribution is -2.25. The number of aromatic nitrogens is 2. The van der Waals surface area contributed by atoms with Crippen molar-refractivity contribution in [3.8, 4) is 5.19 Å². The largest absolute Gasteiger partial charge is 0.466 e. The first-order chi connectivity index (χ1) is 8.88. The number of hydrogen-bond acceptors (Lipinski definition) is 6. The molecule has 1 fully saturated rings. The molecule has 1 saturated heterocycles. The van der Waals surface area contributed by atoms with Gasteiger partial charge in [0, 0.05) is 13.2 Å². The SMILES string of the molecule is CCCNCc1nnc(OCC2CCCCO2)s1. The number of nitrogens with zero attached hydrogens (tertiary/aromatic N) is 2. The third kappa shape index (κ3) is 4.51. The predicted molar refractivity (Wildman–Crippen MR) is 71.0 cm³/mol. The van der Waals surface area contributed by atoms with Gasteiger partial charge in [-0.15, -0.1) is 10.2 Å². The summed E-state index contributed by atoms with van der Waals surface area (Å²) in [5.74, 6) is 0. The van der Waals surface area contributed by atoms with E-state index in [-0.39, 0.29) is 6.10 Å². The van der Waals surface area contributed by atoms with E-state index in [9.17, 15) is 0 Å². The average molecular weight is 271 g/mol. The van der Waals surface area contributed by atoms with Crippen LogP contribution in [-0.4, -0.2) is 36.1 Å². The lowest BCUT2D eigenvalue weighted by atomic mass is 10.1. The van der Waals surface area contributed by atoms with E-state index >= 15 is 0 Å². The highest BCUT2D eigenvalue weighted by molar-refractivity contribution is 7.13. The number of ether oxygens (including phenoxy) is 2. The second-order valence-electron chi connectivity index (χ2n) is 4.44. The van der Waals surface area contributed by atoms with Gasteiger partial charge in [0.2, 0.25) is 0 Å². The molecule has 18 heavy (non-hydrogen) atoms. The first-order valence-corrected chi connectivity index (χ1v) is 7.47. The molecule has 0 aromatic carbocycles. The maximum absolute atomic E-state index is 5.62. The molecule has 0 spiro atoms. The molecule has 6 heteroatoms. The van der Waals surface area contributed by atoms with Crippen molar-refractivity contribution in [1.29, 1.82) is 0 Å². The van der Waals surface area contributed by atoms with Crippen molar-refractivity contribution < 1.29 is 9.47 Å². The highest BCUT2D eigenvalue weighted by Gasteiger charge is 2.15. The monoisotopic (exact) mass is 271 g/mol. The fraction of sp³-hybridized carbons (Fsp3) is 0.833. The third-order valence-corrected chi connectivity index (χ3v) is 3.65. The molecule has 1 N–H and O–H groups in total. The fourth-order valence-corrected chi connectivity index (χ4v) is 2.51. The van der Waals surface area contributed by atoms with E-state index < -0.39 is 0 Å². The first-order valence-electron chi connectivity index (χ1n) is 6.66. The van der Waals surface area contributed by atoms with Crippen LogP contribution in [0.4, 0.5) is 0 Å². The van der Waals surface area contributed by atoms with Gasteiger partial charge in [-0.05, 0) is 32.2 Å². The van der Waals surface area contributed by atoms with Crippen molar-refractivity contribution in [3.63, 3.8) is 0 Å². The second-order valence-corrected chi connectivity index (χ2v) is 5.46. The summed E-state index contributed by atoms with van der Waals surface area (Å²) in [5, 5.41) is 13.0. The van der Waals surface area contributed by atoms with Crippen LogP contribution in [0.1, 0.15) is 37.6 Å². The minimum Gasteiger partial charge on any atom is -0.466 e. The molecular formula is C12H21N3O2S. The maximum atomic E-state index is 5.62. The molecule has 1 unspecified atom stereocenters. The Balaban J connectivity index is 1.69. The van der Waals surface area contributed by atoms with E-state index in [0.29, 0.717) is 11.8 Å². The van der Waals surface area contributed by atoms with E-state index in [1.807, 2.05) is 0 Å². The number of rotatable bonds is 7. The molecule has 5 nitrogen and oxygen atoms in total. The Morgan fingerprint density at radius 3 is 3.17 bits per heavy atom. The van der Waals surface area contributed by atoms with Gasteiger partial charge in [0.15, 0.2) is 0 Å². The molecule has 1 aliphatic heterocycles. The van der Waals surface area contributed by atoms with Crippen LogP contribution in [0.2, 0.25) is 0 Å². The maximum Gasteiger partial charge on any atom is 0.294 e. The standard InChI is InChI=1S/C12H21N3O2S/c1-2-6-13-8-11-14-15-12(18-11)17-9-10-5-3-4-7-16-10/h10,13H,2-9H2,1H3. The molecule has 0 radical (unpaired) electrons. The quantitative estimate of drug-likeness (QED) is 0.769. The van der Waals surface area contributed by atoms with Gasteiger partial charge in [0.1, 0.15) is 11.6 Å². The molecule has 2 heterocycles. The van der Waals surface area contributed by atoms with Gasteiger partial charge in [-0.1, -0.05) is 18.3 Å². The van der Waals surface area contributed by atoms with Crippen molar-refractivity contribution in [2.45, 2.75) is 45.3 Å². The van der Waals surface area contributed by atoms with Crippen LogP contribution in [0.3, 0.4) is 0 Å². The molecule has 2 rings (SSSR count). The topological polar surface area (TPSA) is 56.3 Å². The number of nitrogens with one attached hydrogen (secondary N) is 1. The van der Waals surface area contributed by atoms with Crippen molar-refractivity contribution in [2.24, 2.45) is 0 Å². The van der Waals surface area contributed by atoms with E-state index in [2.05, 4.69) is 22.4 Å². The Morgan fingerprint density at radius 1 is 1.44 bits per heavy atom. The molecule has 0 saturated carbocycles. The summed E-state index contributed by atoms with van der Waals surface area (Å²) in [6.07, 6.45) is 4.84. The Morgan fingerprint density at radius 2 is 2.39 bits per heavy atom. The summed E-state index contributed by atoms with van der Waals surface area (Å²) in [5.41, 5.74) is 0. The zero-order valence-corrected chi connectivity index (χ0v) is 11.7. The van der Waals surface area contributed by atoms with E-state index in [4.69, 9.17) is 9.47 Å².